The van der Waals surface area contributed by atoms with Crippen molar-refractivity contribution in [1.82, 2.24) is 15.6 Å². The Morgan fingerprint density at radius 3 is 2.65 bits per heavy atom. The number of halogens is 1. The van der Waals surface area contributed by atoms with Crippen LogP contribution >= 0.6 is 24.0 Å². The molecule has 1 rings (SSSR count). The number of hydrogen-bond donors (Lipinski definition) is 2. The number of guanidine groups is 1. The van der Waals surface area contributed by atoms with E-state index in [9.17, 15) is 0 Å². The molecule has 0 bridgehead atoms. The first-order valence-electron chi connectivity index (χ1n) is 6.82. The molecule has 1 heterocycles. The molecule has 0 aliphatic carbocycles. The normalized spacial score (nSPS) is 10.7. The van der Waals surface area contributed by atoms with Crippen LogP contribution in [0.25, 0.3) is 0 Å². The van der Waals surface area contributed by atoms with Gasteiger partial charge >= 0.3 is 0 Å². The van der Waals surface area contributed by atoms with Crippen molar-refractivity contribution in [3.8, 4) is 0 Å². The van der Waals surface area contributed by atoms with Crippen LogP contribution in [0.1, 0.15) is 25.8 Å². The van der Waals surface area contributed by atoms with E-state index in [1.54, 1.807) is 0 Å². The fraction of sp³-hybridized carbons (Fsp3) is 0.571. The third-order valence-corrected chi connectivity index (χ3v) is 2.59. The molecule has 114 valence electrons. The Balaban J connectivity index is 0.00000361. The lowest BCUT2D eigenvalue weighted by atomic mass is 10.2. The Morgan fingerprint density at radius 2 is 2.05 bits per heavy atom. The minimum Gasteiger partial charge on any atom is -0.362 e. The van der Waals surface area contributed by atoms with Crippen molar-refractivity contribution in [3.05, 3.63) is 23.9 Å². The van der Waals surface area contributed by atoms with E-state index in [0.717, 1.165) is 36.9 Å². The van der Waals surface area contributed by atoms with Crippen LogP contribution in [0.3, 0.4) is 0 Å². The molecule has 2 N–H and O–H groups in total. The first-order chi connectivity index (χ1) is 9.19. The van der Waals surface area contributed by atoms with Crippen LogP contribution in [0.15, 0.2) is 23.3 Å². The van der Waals surface area contributed by atoms with E-state index < -0.39 is 0 Å². The molecular weight excluding hydrogens is 365 g/mol. The summed E-state index contributed by atoms with van der Waals surface area (Å²) in [7, 11) is 3.99. The lowest BCUT2D eigenvalue weighted by Gasteiger charge is -2.15. The van der Waals surface area contributed by atoms with Crippen molar-refractivity contribution in [2.45, 2.75) is 26.8 Å². The molecule has 1 aromatic heterocycles. The van der Waals surface area contributed by atoms with Crippen molar-refractivity contribution in [2.24, 2.45) is 4.99 Å². The molecule has 1 aromatic rings. The van der Waals surface area contributed by atoms with E-state index in [1.807, 2.05) is 31.3 Å². The fourth-order valence-electron chi connectivity index (χ4n) is 1.71. The molecule has 0 unspecified atom stereocenters. The van der Waals surface area contributed by atoms with Gasteiger partial charge in [0.1, 0.15) is 5.82 Å². The van der Waals surface area contributed by atoms with Gasteiger partial charge < -0.3 is 15.5 Å². The largest absolute Gasteiger partial charge is 0.362 e. The molecule has 0 saturated heterocycles. The van der Waals surface area contributed by atoms with Crippen LogP contribution in [0, 0.1) is 0 Å². The van der Waals surface area contributed by atoms with Gasteiger partial charge in [0.2, 0.25) is 0 Å². The number of aliphatic imine (C=N–C) groups is 1. The molecule has 0 aliphatic rings. The van der Waals surface area contributed by atoms with Crippen molar-refractivity contribution < 1.29 is 0 Å². The first-order valence-corrected chi connectivity index (χ1v) is 6.82. The fourth-order valence-corrected chi connectivity index (χ4v) is 1.71. The summed E-state index contributed by atoms with van der Waals surface area (Å²) < 4.78 is 0. The summed E-state index contributed by atoms with van der Waals surface area (Å²) in [6.45, 7) is 6.63. The standard InChI is InChI=1S/C14H25N5.HI/c1-5-9-17-14(15-6-2)18-11-12-8-7-10-16-13(12)19(3)4;/h7-8,10H,5-6,9,11H2,1-4H3,(H2,15,17,18);1H. The molecule has 5 nitrogen and oxygen atoms in total. The molecule has 0 atom stereocenters. The third kappa shape index (κ3) is 6.40. The Hall–Kier alpha value is -1.05. The first kappa shape index (κ1) is 18.9. The summed E-state index contributed by atoms with van der Waals surface area (Å²) in [6.07, 6.45) is 2.89. The predicted octanol–water partition coefficient (Wildman–Crippen LogP) is 2.23. The van der Waals surface area contributed by atoms with Gasteiger partial charge in [0.25, 0.3) is 0 Å². The average molecular weight is 391 g/mol. The number of aromatic nitrogens is 1. The highest BCUT2D eigenvalue weighted by Crippen LogP contribution is 2.15. The minimum absolute atomic E-state index is 0. The van der Waals surface area contributed by atoms with Gasteiger partial charge in [0, 0.05) is 38.9 Å². The zero-order valence-corrected chi connectivity index (χ0v) is 15.1. The Labute approximate surface area is 139 Å². The highest BCUT2D eigenvalue weighted by molar-refractivity contribution is 14.0. The average Bonchev–Trinajstić information content (AvgIpc) is 2.42. The molecule has 0 amide bonds. The van der Waals surface area contributed by atoms with Gasteiger partial charge in [-0.15, -0.1) is 24.0 Å². The molecule has 0 aromatic carbocycles. The summed E-state index contributed by atoms with van der Waals surface area (Å²) in [5.74, 6) is 1.83. The summed E-state index contributed by atoms with van der Waals surface area (Å²) >= 11 is 0. The summed E-state index contributed by atoms with van der Waals surface area (Å²) in [5, 5.41) is 6.54. The SMILES string of the molecule is CCCNC(=NCc1cccnc1N(C)C)NCC.I. The van der Waals surface area contributed by atoms with E-state index in [1.165, 1.54) is 0 Å². The quantitative estimate of drug-likeness (QED) is 0.444. The monoisotopic (exact) mass is 391 g/mol. The number of pyridine rings is 1. The van der Waals surface area contributed by atoms with E-state index >= 15 is 0 Å². The Morgan fingerprint density at radius 1 is 1.30 bits per heavy atom. The zero-order chi connectivity index (χ0) is 14.1. The number of nitrogens with one attached hydrogen (secondary N) is 2. The molecule has 0 aliphatic heterocycles. The molecule has 0 fully saturated rings. The van der Waals surface area contributed by atoms with Crippen molar-refractivity contribution >= 4 is 35.8 Å². The third-order valence-electron chi connectivity index (χ3n) is 2.59. The van der Waals surface area contributed by atoms with Gasteiger partial charge in [-0.2, -0.15) is 0 Å². The number of anilines is 1. The van der Waals surface area contributed by atoms with Gasteiger partial charge in [-0.3, -0.25) is 0 Å². The second kappa shape index (κ2) is 10.7. The van der Waals surface area contributed by atoms with Crippen LogP contribution in [0.5, 0.6) is 0 Å². The number of rotatable bonds is 6. The number of hydrogen-bond acceptors (Lipinski definition) is 3. The lowest BCUT2D eigenvalue weighted by Crippen LogP contribution is -2.37. The van der Waals surface area contributed by atoms with Crippen LogP contribution in [0.2, 0.25) is 0 Å². The second-order valence-corrected chi connectivity index (χ2v) is 4.50. The molecule has 0 saturated carbocycles. The van der Waals surface area contributed by atoms with Gasteiger partial charge in [-0.05, 0) is 19.4 Å². The minimum atomic E-state index is 0. The molecular formula is C14H26IN5. The molecule has 0 spiro atoms. The lowest BCUT2D eigenvalue weighted by molar-refractivity contribution is 0.785. The van der Waals surface area contributed by atoms with Crippen molar-refractivity contribution in [2.75, 3.05) is 32.1 Å². The summed E-state index contributed by atoms with van der Waals surface area (Å²) in [5.41, 5.74) is 1.13. The predicted molar refractivity (Wildman–Crippen MR) is 97.1 cm³/mol. The maximum Gasteiger partial charge on any atom is 0.191 e. The molecule has 0 radical (unpaired) electrons. The van der Waals surface area contributed by atoms with Gasteiger partial charge in [0.15, 0.2) is 5.96 Å². The summed E-state index contributed by atoms with van der Waals surface area (Å²) in [6, 6.07) is 4.01. The smallest absolute Gasteiger partial charge is 0.191 e. The van der Waals surface area contributed by atoms with E-state index in [4.69, 9.17) is 0 Å². The zero-order valence-electron chi connectivity index (χ0n) is 12.8. The molecule has 20 heavy (non-hydrogen) atoms. The highest BCUT2D eigenvalue weighted by atomic mass is 127. The molecule has 6 heteroatoms. The summed E-state index contributed by atoms with van der Waals surface area (Å²) in [4.78, 5) is 11.0. The Bertz CT molecular complexity index is 406. The van der Waals surface area contributed by atoms with Gasteiger partial charge in [-0.1, -0.05) is 13.0 Å². The van der Waals surface area contributed by atoms with Crippen LogP contribution in [-0.2, 0) is 6.54 Å². The van der Waals surface area contributed by atoms with E-state index in [-0.39, 0.29) is 24.0 Å². The van der Waals surface area contributed by atoms with Crippen LogP contribution in [0.4, 0.5) is 5.82 Å². The maximum atomic E-state index is 4.59. The van der Waals surface area contributed by atoms with Crippen molar-refractivity contribution in [3.63, 3.8) is 0 Å². The van der Waals surface area contributed by atoms with E-state index in [2.05, 4.69) is 40.5 Å². The Kier molecular flexibility index (Phi) is 10.1. The topological polar surface area (TPSA) is 52.6 Å². The second-order valence-electron chi connectivity index (χ2n) is 4.50. The van der Waals surface area contributed by atoms with Crippen molar-refractivity contribution in [1.29, 1.82) is 0 Å². The maximum absolute atomic E-state index is 4.59. The van der Waals surface area contributed by atoms with Gasteiger partial charge in [0.05, 0.1) is 6.54 Å². The van der Waals surface area contributed by atoms with Crippen LogP contribution in [-0.4, -0.2) is 38.1 Å². The van der Waals surface area contributed by atoms with Gasteiger partial charge in [-0.25, -0.2) is 9.98 Å². The number of nitrogens with zero attached hydrogens (tertiary/aromatic N) is 3. The van der Waals surface area contributed by atoms with E-state index in [0.29, 0.717) is 6.54 Å². The highest BCUT2D eigenvalue weighted by Gasteiger charge is 2.05. The van der Waals surface area contributed by atoms with Crippen LogP contribution < -0.4 is 15.5 Å².